The van der Waals surface area contributed by atoms with E-state index in [1.165, 1.54) is 49.2 Å². The maximum atomic E-state index is 6.22. The summed E-state index contributed by atoms with van der Waals surface area (Å²) in [7, 11) is 0. The van der Waals surface area contributed by atoms with Crippen LogP contribution in [0.4, 0.5) is 17.1 Å². The zero-order chi connectivity index (χ0) is 33.0. The third kappa shape index (κ3) is 4.89. The first-order valence-electron chi connectivity index (χ1n) is 17.1. The molecule has 0 saturated carbocycles. The van der Waals surface area contributed by atoms with E-state index in [-0.39, 0.29) is 0 Å². The summed E-state index contributed by atoms with van der Waals surface area (Å²) in [6, 6.07) is 67.7. The van der Waals surface area contributed by atoms with Crippen molar-refractivity contribution >= 4 is 71.3 Å². The summed E-state index contributed by atoms with van der Waals surface area (Å²) in [4.78, 5) is 2.38. The summed E-state index contributed by atoms with van der Waals surface area (Å²) in [6.07, 6.45) is 0. The largest absolute Gasteiger partial charge is 0.456 e. The highest BCUT2D eigenvalue weighted by Gasteiger charge is 2.16. The normalized spacial score (nSPS) is 11.6. The molecule has 0 N–H and O–H groups in total. The molecule has 0 atom stereocenters. The van der Waals surface area contributed by atoms with Gasteiger partial charge in [0.05, 0.1) is 0 Å². The molecule has 10 rings (SSSR count). The van der Waals surface area contributed by atoms with Crippen LogP contribution in [-0.4, -0.2) is 0 Å². The summed E-state index contributed by atoms with van der Waals surface area (Å²) in [5.74, 6) is 0. The van der Waals surface area contributed by atoms with Gasteiger partial charge in [0.25, 0.3) is 0 Å². The molecule has 0 unspecified atom stereocenters. The Morgan fingerprint density at radius 2 is 0.740 bits per heavy atom. The molecule has 0 amide bonds. The number of para-hydroxylation sites is 1. The predicted octanol–water partition coefficient (Wildman–Crippen LogP) is 13.8. The van der Waals surface area contributed by atoms with Gasteiger partial charge in [-0.1, -0.05) is 121 Å². The zero-order valence-electron chi connectivity index (χ0n) is 27.3. The summed E-state index contributed by atoms with van der Waals surface area (Å²) in [6.45, 7) is 0. The lowest BCUT2D eigenvalue weighted by molar-refractivity contribution is 0.669. The molecule has 234 valence electrons. The first-order chi connectivity index (χ1) is 24.7. The summed E-state index contributed by atoms with van der Waals surface area (Å²) in [5, 5.41) is 9.44. The van der Waals surface area contributed by atoms with E-state index < -0.39 is 0 Å². The fourth-order valence-corrected chi connectivity index (χ4v) is 7.41. The van der Waals surface area contributed by atoms with Crippen LogP contribution in [-0.2, 0) is 0 Å². The van der Waals surface area contributed by atoms with Crippen molar-refractivity contribution in [3.05, 3.63) is 188 Å². The topological polar surface area (TPSA) is 16.4 Å². The molecule has 0 bridgehead atoms. The highest BCUT2D eigenvalue weighted by Crippen LogP contribution is 2.41. The van der Waals surface area contributed by atoms with Crippen molar-refractivity contribution < 1.29 is 4.42 Å². The Labute approximate surface area is 290 Å². The Kier molecular flexibility index (Phi) is 6.53. The minimum Gasteiger partial charge on any atom is -0.456 e. The van der Waals surface area contributed by atoms with Gasteiger partial charge < -0.3 is 9.32 Å². The van der Waals surface area contributed by atoms with Gasteiger partial charge >= 0.3 is 0 Å². The molecule has 0 fully saturated rings. The van der Waals surface area contributed by atoms with Crippen molar-refractivity contribution in [2.45, 2.75) is 0 Å². The van der Waals surface area contributed by atoms with E-state index in [0.717, 1.165) is 44.4 Å². The second-order valence-corrected chi connectivity index (χ2v) is 13.0. The molecule has 2 nitrogen and oxygen atoms in total. The molecule has 10 aromatic rings. The van der Waals surface area contributed by atoms with Crippen molar-refractivity contribution in [3.8, 4) is 22.3 Å². The molecule has 2 heteroatoms. The molecule has 50 heavy (non-hydrogen) atoms. The molecule has 1 heterocycles. The number of furan rings is 1. The maximum absolute atomic E-state index is 6.22. The lowest BCUT2D eigenvalue weighted by Crippen LogP contribution is -2.10. The van der Waals surface area contributed by atoms with E-state index in [1.807, 2.05) is 12.1 Å². The zero-order valence-corrected chi connectivity index (χ0v) is 27.3. The van der Waals surface area contributed by atoms with Gasteiger partial charge in [-0.2, -0.15) is 0 Å². The van der Waals surface area contributed by atoms with Crippen molar-refractivity contribution in [2.24, 2.45) is 0 Å². The van der Waals surface area contributed by atoms with Crippen LogP contribution in [0, 0.1) is 0 Å². The van der Waals surface area contributed by atoms with E-state index >= 15 is 0 Å². The molecule has 0 radical (unpaired) electrons. The van der Waals surface area contributed by atoms with Gasteiger partial charge in [0.15, 0.2) is 0 Å². The summed E-state index contributed by atoms with van der Waals surface area (Å²) < 4.78 is 6.22. The van der Waals surface area contributed by atoms with Crippen molar-refractivity contribution in [1.29, 1.82) is 0 Å². The molecule has 0 saturated heterocycles. The van der Waals surface area contributed by atoms with Gasteiger partial charge in [0.1, 0.15) is 11.2 Å². The van der Waals surface area contributed by atoms with Crippen LogP contribution >= 0.6 is 0 Å². The van der Waals surface area contributed by atoms with E-state index in [2.05, 4.69) is 181 Å². The number of hydrogen-bond acceptors (Lipinski definition) is 2. The monoisotopic (exact) mass is 637 g/mol. The minimum absolute atomic E-state index is 0.914. The lowest BCUT2D eigenvalue weighted by Gasteiger charge is -2.26. The van der Waals surface area contributed by atoms with Crippen LogP contribution in [0.1, 0.15) is 0 Å². The highest BCUT2D eigenvalue weighted by molar-refractivity contribution is 6.10. The van der Waals surface area contributed by atoms with Crippen molar-refractivity contribution in [3.63, 3.8) is 0 Å². The standard InChI is InChI=1S/C48H31NO/c1-3-9-32(10-4-1)34-15-17-38-27-42(22-19-36(38)25-34)49(43-23-20-37-26-35(16-18-39(37)28-43)33-11-5-2-6-12-33)44-24-21-40-31-48-46(30-41(40)29-44)45-13-7-8-14-47(45)50-48/h1-31H. The Morgan fingerprint density at radius 1 is 0.280 bits per heavy atom. The van der Waals surface area contributed by atoms with Gasteiger partial charge in [-0.05, 0) is 121 Å². The number of anilines is 3. The first kappa shape index (κ1) is 28.4. The van der Waals surface area contributed by atoms with Gasteiger partial charge in [-0.25, -0.2) is 0 Å². The highest BCUT2D eigenvalue weighted by atomic mass is 16.3. The van der Waals surface area contributed by atoms with Crippen LogP contribution in [0.3, 0.4) is 0 Å². The van der Waals surface area contributed by atoms with E-state index in [4.69, 9.17) is 4.42 Å². The third-order valence-corrected chi connectivity index (χ3v) is 9.96. The molecule has 9 aromatic carbocycles. The second kappa shape index (κ2) is 11.5. The molecule has 1 aromatic heterocycles. The first-order valence-corrected chi connectivity index (χ1v) is 17.1. The SMILES string of the molecule is c1ccc(-c2ccc3cc(N(c4ccc5cc(-c6ccccc6)ccc5c4)c4ccc5cc6oc7ccccc7c6cc5c4)ccc3c2)cc1. The number of hydrogen-bond donors (Lipinski definition) is 0. The average molecular weight is 638 g/mol. The number of rotatable bonds is 5. The van der Waals surface area contributed by atoms with Crippen molar-refractivity contribution in [1.82, 2.24) is 0 Å². The Bertz CT molecular complexity index is 2750. The minimum atomic E-state index is 0.914. The number of nitrogens with zero attached hydrogens (tertiary/aromatic N) is 1. The van der Waals surface area contributed by atoms with Crippen LogP contribution in [0.2, 0.25) is 0 Å². The fraction of sp³-hybridized carbons (Fsp3) is 0. The molecular weight excluding hydrogens is 607 g/mol. The molecular formula is C48H31NO. The third-order valence-electron chi connectivity index (χ3n) is 9.96. The quantitative estimate of drug-likeness (QED) is 0.187. The Balaban J connectivity index is 1.13. The van der Waals surface area contributed by atoms with Gasteiger partial charge in [0, 0.05) is 27.8 Å². The summed E-state index contributed by atoms with van der Waals surface area (Å²) in [5.41, 5.74) is 10.0. The van der Waals surface area contributed by atoms with Crippen LogP contribution in [0.15, 0.2) is 192 Å². The predicted molar refractivity (Wildman–Crippen MR) is 212 cm³/mol. The van der Waals surface area contributed by atoms with E-state index in [0.29, 0.717) is 0 Å². The fourth-order valence-electron chi connectivity index (χ4n) is 7.41. The maximum Gasteiger partial charge on any atom is 0.136 e. The second-order valence-electron chi connectivity index (χ2n) is 13.0. The van der Waals surface area contributed by atoms with E-state index in [1.54, 1.807) is 0 Å². The Morgan fingerprint density at radius 3 is 1.32 bits per heavy atom. The van der Waals surface area contributed by atoms with Crippen LogP contribution < -0.4 is 4.90 Å². The number of fused-ring (bicyclic) bond motifs is 6. The Hall–Kier alpha value is -6.64. The molecule has 0 aliphatic heterocycles. The smallest absolute Gasteiger partial charge is 0.136 e. The van der Waals surface area contributed by atoms with E-state index in [9.17, 15) is 0 Å². The van der Waals surface area contributed by atoms with Gasteiger partial charge in [0.2, 0.25) is 0 Å². The number of benzene rings is 9. The molecule has 0 aliphatic rings. The molecule has 0 spiro atoms. The average Bonchev–Trinajstić information content (AvgIpc) is 3.54. The van der Waals surface area contributed by atoms with Gasteiger partial charge in [-0.15, -0.1) is 0 Å². The summed E-state index contributed by atoms with van der Waals surface area (Å²) >= 11 is 0. The van der Waals surface area contributed by atoms with Crippen molar-refractivity contribution in [2.75, 3.05) is 4.90 Å². The van der Waals surface area contributed by atoms with Crippen LogP contribution in [0.25, 0.3) is 76.5 Å². The molecule has 0 aliphatic carbocycles. The van der Waals surface area contributed by atoms with Crippen LogP contribution in [0.5, 0.6) is 0 Å². The lowest BCUT2D eigenvalue weighted by atomic mass is 9.99. The van der Waals surface area contributed by atoms with Gasteiger partial charge in [-0.3, -0.25) is 0 Å².